The number of rotatable bonds is 4. The molecule has 0 bridgehead atoms. The van der Waals surface area contributed by atoms with Crippen LogP contribution in [0.4, 0.5) is 0 Å². The molecule has 0 radical (unpaired) electrons. The van der Waals surface area contributed by atoms with Crippen molar-refractivity contribution in [2.24, 2.45) is 5.41 Å². The van der Waals surface area contributed by atoms with Gasteiger partial charge in [0.05, 0.1) is 0 Å². The molecule has 1 rings (SSSR count). The van der Waals surface area contributed by atoms with Crippen LogP contribution in [0.25, 0.3) is 0 Å². The molecule has 102 valence electrons. The molecular weight excluding hydrogens is 208 g/mol. The first kappa shape index (κ1) is 15.0. The summed E-state index contributed by atoms with van der Waals surface area (Å²) in [6, 6.07) is 0.625. The molecule has 0 spiro atoms. The van der Waals surface area contributed by atoms with Crippen LogP contribution in [-0.2, 0) is 0 Å². The van der Waals surface area contributed by atoms with E-state index in [9.17, 15) is 0 Å². The third kappa shape index (κ3) is 3.23. The molecule has 1 atom stereocenters. The molecule has 0 aromatic carbocycles. The Labute approximate surface area is 108 Å². The normalized spacial score (nSPS) is 26.1. The summed E-state index contributed by atoms with van der Waals surface area (Å²) < 4.78 is 0. The molecule has 0 amide bonds. The second kappa shape index (κ2) is 5.71. The lowest BCUT2D eigenvalue weighted by Gasteiger charge is -2.52. The zero-order valence-corrected chi connectivity index (χ0v) is 12.8. The molecule has 2 heteroatoms. The Hall–Kier alpha value is -0.0800. The first-order valence-electron chi connectivity index (χ1n) is 7.38. The number of piperazine rings is 1. The van der Waals surface area contributed by atoms with Crippen molar-refractivity contribution in [3.8, 4) is 0 Å². The van der Waals surface area contributed by atoms with Crippen LogP contribution >= 0.6 is 0 Å². The maximum atomic E-state index is 3.80. The monoisotopic (exact) mass is 240 g/mol. The Balaban J connectivity index is 2.80. The molecule has 0 saturated carbocycles. The molecule has 1 unspecified atom stereocenters. The number of nitrogens with zero attached hydrogens (tertiary/aromatic N) is 1. The van der Waals surface area contributed by atoms with Crippen molar-refractivity contribution in [2.45, 2.75) is 72.4 Å². The van der Waals surface area contributed by atoms with Crippen molar-refractivity contribution in [1.29, 1.82) is 0 Å². The van der Waals surface area contributed by atoms with E-state index in [4.69, 9.17) is 0 Å². The average Bonchev–Trinajstić information content (AvgIpc) is 2.28. The quantitative estimate of drug-likeness (QED) is 0.811. The van der Waals surface area contributed by atoms with Crippen LogP contribution in [0.15, 0.2) is 0 Å². The Morgan fingerprint density at radius 3 is 2.18 bits per heavy atom. The minimum Gasteiger partial charge on any atom is -0.310 e. The highest BCUT2D eigenvalue weighted by molar-refractivity contribution is 5.00. The fraction of sp³-hybridized carbons (Fsp3) is 1.00. The van der Waals surface area contributed by atoms with Gasteiger partial charge in [-0.2, -0.15) is 0 Å². The van der Waals surface area contributed by atoms with Gasteiger partial charge in [-0.1, -0.05) is 41.5 Å². The van der Waals surface area contributed by atoms with Crippen LogP contribution in [0, 0.1) is 5.41 Å². The van der Waals surface area contributed by atoms with Crippen molar-refractivity contribution >= 4 is 0 Å². The van der Waals surface area contributed by atoms with E-state index in [0.29, 0.717) is 17.0 Å². The van der Waals surface area contributed by atoms with Gasteiger partial charge in [0.25, 0.3) is 0 Å². The van der Waals surface area contributed by atoms with Crippen LogP contribution in [0.1, 0.15) is 60.8 Å². The van der Waals surface area contributed by atoms with Gasteiger partial charge in [0.15, 0.2) is 0 Å². The maximum absolute atomic E-state index is 3.80. The Morgan fingerprint density at radius 2 is 1.76 bits per heavy atom. The summed E-state index contributed by atoms with van der Waals surface area (Å²) >= 11 is 0. The van der Waals surface area contributed by atoms with Gasteiger partial charge in [0, 0.05) is 24.7 Å². The van der Waals surface area contributed by atoms with E-state index in [1.807, 2.05) is 0 Å². The zero-order valence-electron chi connectivity index (χ0n) is 12.8. The van der Waals surface area contributed by atoms with Gasteiger partial charge in [-0.3, -0.25) is 4.90 Å². The fourth-order valence-electron chi connectivity index (χ4n) is 3.03. The molecule has 17 heavy (non-hydrogen) atoms. The lowest BCUT2D eigenvalue weighted by Crippen LogP contribution is -2.66. The van der Waals surface area contributed by atoms with Crippen molar-refractivity contribution in [2.75, 3.05) is 19.6 Å². The first-order valence-corrected chi connectivity index (χ1v) is 7.38. The van der Waals surface area contributed by atoms with E-state index in [1.165, 1.54) is 32.4 Å². The smallest absolute Gasteiger partial charge is 0.0329 e. The molecule has 0 aromatic heterocycles. The minimum atomic E-state index is 0.361. The van der Waals surface area contributed by atoms with Crippen molar-refractivity contribution in [1.82, 2.24) is 10.2 Å². The highest BCUT2D eigenvalue weighted by atomic mass is 15.3. The summed E-state index contributed by atoms with van der Waals surface area (Å²) in [5.74, 6) is 0. The standard InChI is InChI=1S/C15H32N2/c1-7-10-17-11-13(14(4,5)6)16-12-15(17,8-2)9-3/h13,16H,7-12H2,1-6H3. The van der Waals surface area contributed by atoms with Crippen LogP contribution in [0.2, 0.25) is 0 Å². The Morgan fingerprint density at radius 1 is 1.18 bits per heavy atom. The number of hydrogen-bond donors (Lipinski definition) is 1. The predicted octanol–water partition coefficient (Wildman–Crippen LogP) is 3.28. The lowest BCUT2D eigenvalue weighted by molar-refractivity contribution is 0.00792. The molecule has 0 aliphatic carbocycles. The topological polar surface area (TPSA) is 15.3 Å². The SMILES string of the molecule is CCCN1CC(C(C)(C)C)NCC1(CC)CC. The van der Waals surface area contributed by atoms with E-state index in [0.717, 1.165) is 6.54 Å². The summed E-state index contributed by atoms with van der Waals surface area (Å²) in [6.45, 7) is 17.6. The van der Waals surface area contributed by atoms with Gasteiger partial charge in [-0.15, -0.1) is 0 Å². The first-order chi connectivity index (χ1) is 7.89. The third-order valence-corrected chi connectivity index (χ3v) is 4.61. The van der Waals surface area contributed by atoms with Gasteiger partial charge >= 0.3 is 0 Å². The van der Waals surface area contributed by atoms with Gasteiger partial charge in [0.1, 0.15) is 0 Å². The van der Waals surface area contributed by atoms with Gasteiger partial charge in [-0.25, -0.2) is 0 Å². The van der Waals surface area contributed by atoms with E-state index in [2.05, 4.69) is 51.8 Å². The number of hydrogen-bond acceptors (Lipinski definition) is 2. The van der Waals surface area contributed by atoms with E-state index >= 15 is 0 Å². The molecule has 2 nitrogen and oxygen atoms in total. The van der Waals surface area contributed by atoms with Crippen molar-refractivity contribution in [3.63, 3.8) is 0 Å². The molecule has 1 N–H and O–H groups in total. The summed E-state index contributed by atoms with van der Waals surface area (Å²) in [6.07, 6.45) is 3.78. The van der Waals surface area contributed by atoms with E-state index < -0.39 is 0 Å². The molecule has 1 saturated heterocycles. The lowest BCUT2D eigenvalue weighted by atomic mass is 9.80. The molecule has 1 fully saturated rings. The zero-order chi connectivity index (χ0) is 13.1. The molecular formula is C15H32N2. The Bertz CT molecular complexity index is 226. The highest BCUT2D eigenvalue weighted by Crippen LogP contribution is 2.31. The molecule has 1 heterocycles. The van der Waals surface area contributed by atoms with E-state index in [-0.39, 0.29) is 0 Å². The van der Waals surface area contributed by atoms with Crippen LogP contribution < -0.4 is 5.32 Å². The molecule has 0 aromatic rings. The fourth-order valence-corrected chi connectivity index (χ4v) is 3.03. The highest BCUT2D eigenvalue weighted by Gasteiger charge is 2.41. The summed E-state index contributed by atoms with van der Waals surface area (Å²) in [4.78, 5) is 2.75. The largest absolute Gasteiger partial charge is 0.310 e. The molecule has 1 aliphatic heterocycles. The van der Waals surface area contributed by atoms with Gasteiger partial charge in [-0.05, 0) is 31.2 Å². The van der Waals surface area contributed by atoms with Gasteiger partial charge in [0.2, 0.25) is 0 Å². The van der Waals surface area contributed by atoms with Crippen LogP contribution in [0.3, 0.4) is 0 Å². The summed E-state index contributed by atoms with van der Waals surface area (Å²) in [5.41, 5.74) is 0.761. The third-order valence-electron chi connectivity index (χ3n) is 4.61. The second-order valence-corrected chi connectivity index (χ2v) is 6.68. The second-order valence-electron chi connectivity index (χ2n) is 6.68. The van der Waals surface area contributed by atoms with Crippen LogP contribution in [0.5, 0.6) is 0 Å². The van der Waals surface area contributed by atoms with Crippen molar-refractivity contribution in [3.05, 3.63) is 0 Å². The van der Waals surface area contributed by atoms with Crippen LogP contribution in [-0.4, -0.2) is 36.1 Å². The average molecular weight is 240 g/mol. The molecule has 1 aliphatic rings. The minimum absolute atomic E-state index is 0.361. The number of nitrogens with one attached hydrogen (secondary N) is 1. The van der Waals surface area contributed by atoms with E-state index in [1.54, 1.807) is 0 Å². The summed E-state index contributed by atoms with van der Waals surface area (Å²) in [7, 11) is 0. The summed E-state index contributed by atoms with van der Waals surface area (Å²) in [5, 5.41) is 3.80. The maximum Gasteiger partial charge on any atom is 0.0329 e. The predicted molar refractivity (Wildman–Crippen MR) is 76.4 cm³/mol. The van der Waals surface area contributed by atoms with Crippen molar-refractivity contribution < 1.29 is 0 Å². The Kier molecular flexibility index (Phi) is 5.03. The van der Waals surface area contributed by atoms with Gasteiger partial charge < -0.3 is 5.32 Å².